The van der Waals surface area contributed by atoms with E-state index in [1.165, 1.54) is 0 Å². The van der Waals surface area contributed by atoms with Gasteiger partial charge >= 0.3 is 0 Å². The highest BCUT2D eigenvalue weighted by Gasteiger charge is 1.99. The quantitative estimate of drug-likeness (QED) is 0.558. The number of hydrogen-bond donors (Lipinski definition) is 0. The molecule has 0 aliphatic heterocycles. The lowest BCUT2D eigenvalue weighted by atomic mass is 10.1. The van der Waals surface area contributed by atoms with Crippen LogP contribution in [0.4, 0.5) is 0 Å². The van der Waals surface area contributed by atoms with Crippen LogP contribution in [0.15, 0.2) is 55.1 Å². The van der Waals surface area contributed by atoms with Gasteiger partial charge in [0.2, 0.25) is 0 Å². The van der Waals surface area contributed by atoms with Crippen LogP contribution in [0.3, 0.4) is 0 Å². The molecule has 0 radical (unpaired) electrons. The molecule has 0 atom stereocenters. The van der Waals surface area contributed by atoms with Crippen LogP contribution in [0, 0.1) is 0 Å². The van der Waals surface area contributed by atoms with Gasteiger partial charge < -0.3 is 14.2 Å². The summed E-state index contributed by atoms with van der Waals surface area (Å²) in [5.74, 6) is 2.37. The van der Waals surface area contributed by atoms with Gasteiger partial charge in [-0.05, 0) is 35.4 Å². The average Bonchev–Trinajstić information content (AvgIpc) is 2.58. The fourth-order valence-electron chi connectivity index (χ4n) is 1.95. The molecule has 0 heterocycles. The smallest absolute Gasteiger partial charge is 0.123 e. The predicted octanol–water partition coefficient (Wildman–Crippen LogP) is 4.44. The van der Waals surface area contributed by atoms with Crippen LogP contribution in [-0.2, 0) is 0 Å². The zero-order chi connectivity index (χ0) is 15.8. The van der Waals surface area contributed by atoms with Crippen LogP contribution >= 0.6 is 0 Å². The van der Waals surface area contributed by atoms with Crippen molar-refractivity contribution in [2.45, 2.75) is 0 Å². The first-order valence-electron chi connectivity index (χ1n) is 7.00. The first-order valence-corrected chi connectivity index (χ1v) is 7.00. The molecule has 0 saturated heterocycles. The number of hydrogen-bond acceptors (Lipinski definition) is 3. The summed E-state index contributed by atoms with van der Waals surface area (Å²) >= 11 is 0. The van der Waals surface area contributed by atoms with Gasteiger partial charge in [0, 0.05) is 6.07 Å². The highest BCUT2D eigenvalue weighted by Crippen LogP contribution is 2.24. The van der Waals surface area contributed by atoms with Crippen molar-refractivity contribution in [2.75, 3.05) is 20.8 Å². The Labute approximate surface area is 131 Å². The Morgan fingerprint density at radius 1 is 0.818 bits per heavy atom. The van der Waals surface area contributed by atoms with Crippen LogP contribution in [0.1, 0.15) is 11.1 Å². The molecule has 0 aliphatic rings. The van der Waals surface area contributed by atoms with E-state index in [4.69, 9.17) is 14.2 Å². The van der Waals surface area contributed by atoms with Crippen molar-refractivity contribution < 1.29 is 14.2 Å². The minimum atomic E-state index is 0.513. The maximum atomic E-state index is 5.46. The van der Waals surface area contributed by atoms with Crippen molar-refractivity contribution >= 4 is 12.2 Å². The summed E-state index contributed by atoms with van der Waals surface area (Å²) in [5.41, 5.74) is 2.11. The van der Waals surface area contributed by atoms with Crippen molar-refractivity contribution in [3.8, 4) is 17.2 Å². The molecule has 0 spiro atoms. The Kier molecular flexibility index (Phi) is 5.66. The van der Waals surface area contributed by atoms with Crippen LogP contribution in [0.25, 0.3) is 12.2 Å². The van der Waals surface area contributed by atoms with Gasteiger partial charge in [0.05, 0.1) is 14.2 Å². The molecule has 2 rings (SSSR count). The summed E-state index contributed by atoms with van der Waals surface area (Å²) in [6.07, 6.45) is 5.78. The van der Waals surface area contributed by atoms with Crippen LogP contribution in [-0.4, -0.2) is 20.8 Å². The van der Waals surface area contributed by atoms with E-state index in [1.54, 1.807) is 20.3 Å². The lowest BCUT2D eigenvalue weighted by Gasteiger charge is -2.06. The number of benzene rings is 2. The number of methoxy groups -OCH3 is 2. The van der Waals surface area contributed by atoms with Gasteiger partial charge in [-0.2, -0.15) is 0 Å². The fourth-order valence-corrected chi connectivity index (χ4v) is 1.95. The third-order valence-corrected chi connectivity index (χ3v) is 3.09. The van der Waals surface area contributed by atoms with Gasteiger partial charge in [-0.3, -0.25) is 0 Å². The van der Waals surface area contributed by atoms with Crippen molar-refractivity contribution in [2.24, 2.45) is 0 Å². The standard InChI is InChI=1S/C19H20O3/c1-4-11-22-17-9-7-15(8-10-17)5-6-16-12-18(20-2)14-19(13-16)21-3/h4-10,12-14H,1,11H2,2-3H3. The third-order valence-electron chi connectivity index (χ3n) is 3.09. The summed E-state index contributed by atoms with van der Waals surface area (Å²) in [6.45, 7) is 4.14. The maximum absolute atomic E-state index is 5.46. The molecule has 0 aliphatic carbocycles. The Morgan fingerprint density at radius 2 is 1.41 bits per heavy atom. The molecule has 3 nitrogen and oxygen atoms in total. The molecule has 22 heavy (non-hydrogen) atoms. The largest absolute Gasteiger partial charge is 0.497 e. The molecule has 2 aromatic carbocycles. The summed E-state index contributed by atoms with van der Waals surface area (Å²) in [7, 11) is 3.29. The zero-order valence-electron chi connectivity index (χ0n) is 12.9. The summed E-state index contributed by atoms with van der Waals surface area (Å²) in [4.78, 5) is 0. The van der Waals surface area contributed by atoms with E-state index >= 15 is 0 Å². The SMILES string of the molecule is C=CCOc1ccc(C=Cc2cc(OC)cc(OC)c2)cc1. The molecule has 2 aromatic rings. The van der Waals surface area contributed by atoms with Gasteiger partial charge in [0.1, 0.15) is 23.9 Å². The Morgan fingerprint density at radius 3 is 1.95 bits per heavy atom. The Bertz CT molecular complexity index is 620. The second kappa shape index (κ2) is 7.93. The van der Waals surface area contributed by atoms with Crippen molar-refractivity contribution in [3.05, 3.63) is 66.2 Å². The minimum Gasteiger partial charge on any atom is -0.497 e. The van der Waals surface area contributed by atoms with E-state index < -0.39 is 0 Å². The molecule has 0 amide bonds. The highest BCUT2D eigenvalue weighted by molar-refractivity contribution is 5.71. The summed E-state index contributed by atoms with van der Waals surface area (Å²) in [5, 5.41) is 0. The summed E-state index contributed by atoms with van der Waals surface area (Å²) in [6, 6.07) is 13.7. The van der Waals surface area contributed by atoms with E-state index in [0.29, 0.717) is 6.61 Å². The van der Waals surface area contributed by atoms with Gasteiger partial charge in [-0.15, -0.1) is 0 Å². The van der Waals surface area contributed by atoms with E-state index in [9.17, 15) is 0 Å². The van der Waals surface area contributed by atoms with Crippen LogP contribution < -0.4 is 14.2 Å². The molecular weight excluding hydrogens is 276 g/mol. The minimum absolute atomic E-state index is 0.513. The lowest BCUT2D eigenvalue weighted by molar-refractivity contribution is 0.363. The number of ether oxygens (including phenoxy) is 3. The topological polar surface area (TPSA) is 27.7 Å². The van der Waals surface area contributed by atoms with Gasteiger partial charge in [-0.1, -0.05) is 36.9 Å². The maximum Gasteiger partial charge on any atom is 0.123 e. The molecule has 0 aromatic heterocycles. The monoisotopic (exact) mass is 296 g/mol. The normalized spacial score (nSPS) is 10.5. The second-order valence-electron chi connectivity index (χ2n) is 4.65. The van der Waals surface area contributed by atoms with E-state index in [2.05, 4.69) is 6.58 Å². The predicted molar refractivity (Wildman–Crippen MR) is 90.6 cm³/mol. The van der Waals surface area contributed by atoms with Gasteiger partial charge in [-0.25, -0.2) is 0 Å². The van der Waals surface area contributed by atoms with Crippen LogP contribution in [0.2, 0.25) is 0 Å². The highest BCUT2D eigenvalue weighted by atomic mass is 16.5. The average molecular weight is 296 g/mol. The Balaban J connectivity index is 2.12. The first-order chi connectivity index (χ1) is 10.7. The molecule has 0 fully saturated rings. The number of rotatable bonds is 7. The van der Waals surface area contributed by atoms with Crippen molar-refractivity contribution in [3.63, 3.8) is 0 Å². The molecule has 114 valence electrons. The third kappa shape index (κ3) is 4.42. The lowest BCUT2D eigenvalue weighted by Crippen LogP contribution is -1.91. The first kappa shape index (κ1) is 15.7. The molecular formula is C19H20O3. The molecule has 3 heteroatoms. The van der Waals surface area contributed by atoms with Crippen molar-refractivity contribution in [1.29, 1.82) is 0 Å². The molecule has 0 bridgehead atoms. The molecule has 0 saturated carbocycles. The van der Waals surface area contributed by atoms with Crippen molar-refractivity contribution in [1.82, 2.24) is 0 Å². The molecule has 0 N–H and O–H groups in total. The van der Waals surface area contributed by atoms with Crippen LogP contribution in [0.5, 0.6) is 17.2 Å². The molecule has 0 unspecified atom stereocenters. The summed E-state index contributed by atoms with van der Waals surface area (Å²) < 4.78 is 16.0. The van der Waals surface area contributed by atoms with Gasteiger partial charge in [0.25, 0.3) is 0 Å². The Hall–Kier alpha value is -2.68. The second-order valence-corrected chi connectivity index (χ2v) is 4.65. The van der Waals surface area contributed by atoms with E-state index in [0.717, 1.165) is 28.4 Å². The van der Waals surface area contributed by atoms with Gasteiger partial charge in [0.15, 0.2) is 0 Å². The fraction of sp³-hybridized carbons (Fsp3) is 0.158. The van der Waals surface area contributed by atoms with E-state index in [-0.39, 0.29) is 0 Å². The van der Waals surface area contributed by atoms with E-state index in [1.807, 2.05) is 54.6 Å². The zero-order valence-corrected chi connectivity index (χ0v) is 12.9.